The van der Waals surface area contributed by atoms with E-state index in [0.29, 0.717) is 28.6 Å². The molecule has 3 heterocycles. The number of pyridine rings is 1. The first-order valence-corrected chi connectivity index (χ1v) is 12.4. The van der Waals surface area contributed by atoms with Crippen molar-refractivity contribution in [1.29, 1.82) is 0 Å². The summed E-state index contributed by atoms with van der Waals surface area (Å²) >= 11 is 0. The predicted molar refractivity (Wildman–Crippen MR) is 130 cm³/mol. The molecule has 0 unspecified atom stereocenters. The average Bonchev–Trinajstić information content (AvgIpc) is 3.26. The van der Waals surface area contributed by atoms with E-state index in [2.05, 4.69) is 29.9 Å². The Morgan fingerprint density at radius 3 is 2.33 bits per heavy atom. The lowest BCUT2D eigenvalue weighted by Gasteiger charge is -2.19. The molecule has 36 heavy (non-hydrogen) atoms. The van der Waals surface area contributed by atoms with Gasteiger partial charge < -0.3 is 9.47 Å². The number of para-hydroxylation sites is 1. The van der Waals surface area contributed by atoms with Gasteiger partial charge in [0.05, 0.1) is 31.9 Å². The van der Waals surface area contributed by atoms with E-state index in [1.54, 1.807) is 30.6 Å². The van der Waals surface area contributed by atoms with Gasteiger partial charge in [-0.25, -0.2) is 22.8 Å². The number of hydrogen-bond donors (Lipinski definition) is 1. The molecule has 0 saturated heterocycles. The van der Waals surface area contributed by atoms with E-state index in [1.807, 2.05) is 13.0 Å². The van der Waals surface area contributed by atoms with Gasteiger partial charge >= 0.3 is 0 Å². The predicted octanol–water partition coefficient (Wildman–Crippen LogP) is 2.96. The van der Waals surface area contributed by atoms with Crippen molar-refractivity contribution in [2.24, 2.45) is 0 Å². The quantitative estimate of drug-likeness (QED) is 0.358. The van der Waals surface area contributed by atoms with Crippen molar-refractivity contribution in [2.45, 2.75) is 25.5 Å². The number of sulfonamides is 1. The zero-order chi connectivity index (χ0) is 25.9. The molecule has 1 atom stereocenters. The number of ether oxygens (including phenoxy) is 2. The second kappa shape index (κ2) is 10.2. The fourth-order valence-corrected chi connectivity index (χ4v) is 4.48. The number of nitrogens with one attached hydrogen (secondary N) is 1. The Morgan fingerprint density at radius 1 is 1.06 bits per heavy atom. The Morgan fingerprint density at radius 2 is 1.72 bits per heavy atom. The molecule has 0 fully saturated rings. The molecule has 0 radical (unpaired) electrons. The molecule has 0 aliphatic heterocycles. The van der Waals surface area contributed by atoms with E-state index in [0.717, 1.165) is 18.0 Å². The standard InChI is InChI=1S/C23H24FN7O4S/c1-14-8-9-25-13-17(14)22-28-29-23(31(22)21-18(34-3)6-5-7-19(21)35-4)30-36(32,33)15(2)10-20-26-11-16(24)12-27-20/h5-9,11-13,15H,10H2,1-4H3,(H,29,30)/t15-/m0/s1. The number of methoxy groups -OCH3 is 2. The zero-order valence-corrected chi connectivity index (χ0v) is 20.8. The largest absolute Gasteiger partial charge is 0.494 e. The Labute approximate surface area is 207 Å². The summed E-state index contributed by atoms with van der Waals surface area (Å²) < 4.78 is 54.9. The van der Waals surface area contributed by atoms with Crippen LogP contribution in [0.25, 0.3) is 17.1 Å². The second-order valence-electron chi connectivity index (χ2n) is 7.86. The Kier molecular flexibility index (Phi) is 7.10. The SMILES string of the molecule is COc1cccc(OC)c1-n1c(NS(=O)(=O)[C@@H](C)Cc2ncc(F)cn2)nnc1-c1cnccc1C. The van der Waals surface area contributed by atoms with Crippen LogP contribution in [-0.2, 0) is 16.4 Å². The monoisotopic (exact) mass is 513 g/mol. The number of aryl methyl sites for hydroxylation is 1. The third-order valence-electron chi connectivity index (χ3n) is 5.48. The summed E-state index contributed by atoms with van der Waals surface area (Å²) in [5.74, 6) is 0.645. The number of anilines is 1. The van der Waals surface area contributed by atoms with Crippen LogP contribution in [0.4, 0.5) is 10.3 Å². The van der Waals surface area contributed by atoms with Gasteiger partial charge in [0.25, 0.3) is 0 Å². The molecule has 1 N–H and O–H groups in total. The fourth-order valence-electron chi connectivity index (χ4n) is 3.53. The van der Waals surface area contributed by atoms with Crippen molar-refractivity contribution in [1.82, 2.24) is 29.7 Å². The highest BCUT2D eigenvalue weighted by molar-refractivity contribution is 7.93. The molecular formula is C23H24FN7O4S. The summed E-state index contributed by atoms with van der Waals surface area (Å²) in [6, 6.07) is 6.98. The molecule has 3 aromatic heterocycles. The van der Waals surface area contributed by atoms with Gasteiger partial charge in [-0.3, -0.25) is 14.3 Å². The van der Waals surface area contributed by atoms with Gasteiger partial charge in [-0.2, -0.15) is 0 Å². The average molecular weight is 514 g/mol. The normalized spacial score (nSPS) is 12.2. The second-order valence-corrected chi connectivity index (χ2v) is 9.96. The van der Waals surface area contributed by atoms with Crippen molar-refractivity contribution in [3.8, 4) is 28.6 Å². The van der Waals surface area contributed by atoms with Crippen LogP contribution in [0.15, 0.2) is 49.1 Å². The Bertz CT molecular complexity index is 1450. The van der Waals surface area contributed by atoms with Crippen LogP contribution in [0.1, 0.15) is 18.3 Å². The maximum Gasteiger partial charge on any atom is 0.243 e. The molecule has 0 bridgehead atoms. The molecule has 11 nitrogen and oxygen atoms in total. The summed E-state index contributed by atoms with van der Waals surface area (Å²) in [6.07, 6.45) is 5.19. The summed E-state index contributed by atoms with van der Waals surface area (Å²) in [5.41, 5.74) is 1.89. The molecule has 13 heteroatoms. The molecule has 4 aromatic rings. The van der Waals surface area contributed by atoms with Crippen molar-refractivity contribution in [2.75, 3.05) is 18.9 Å². The topological polar surface area (TPSA) is 134 Å². The Hall–Kier alpha value is -4.13. The molecule has 188 valence electrons. The molecule has 0 saturated carbocycles. The number of hydrogen-bond acceptors (Lipinski definition) is 9. The fraction of sp³-hybridized carbons (Fsp3) is 0.261. The first kappa shape index (κ1) is 25.0. The van der Waals surface area contributed by atoms with Crippen LogP contribution in [0, 0.1) is 12.7 Å². The lowest BCUT2D eigenvalue weighted by atomic mass is 10.1. The van der Waals surface area contributed by atoms with Gasteiger partial charge in [0.15, 0.2) is 11.6 Å². The van der Waals surface area contributed by atoms with Crippen molar-refractivity contribution in [3.05, 3.63) is 66.3 Å². The number of rotatable bonds is 9. The first-order chi connectivity index (χ1) is 17.2. The van der Waals surface area contributed by atoms with Crippen LogP contribution < -0.4 is 14.2 Å². The van der Waals surface area contributed by atoms with Crippen LogP contribution in [-0.4, -0.2) is 57.6 Å². The van der Waals surface area contributed by atoms with Gasteiger partial charge in [-0.1, -0.05) is 6.07 Å². The molecule has 4 rings (SSSR count). The lowest BCUT2D eigenvalue weighted by molar-refractivity contribution is 0.391. The molecule has 0 spiro atoms. The maximum absolute atomic E-state index is 13.3. The van der Waals surface area contributed by atoms with Crippen LogP contribution in [0.5, 0.6) is 11.5 Å². The molecule has 0 amide bonds. The number of nitrogens with zero attached hydrogens (tertiary/aromatic N) is 6. The van der Waals surface area contributed by atoms with E-state index in [9.17, 15) is 12.8 Å². The van der Waals surface area contributed by atoms with E-state index in [-0.39, 0.29) is 18.2 Å². The molecule has 0 aliphatic rings. The maximum atomic E-state index is 13.3. The highest BCUT2D eigenvalue weighted by Gasteiger charge is 2.29. The van der Waals surface area contributed by atoms with Crippen molar-refractivity contribution >= 4 is 16.0 Å². The van der Waals surface area contributed by atoms with E-state index in [4.69, 9.17) is 9.47 Å². The van der Waals surface area contributed by atoms with E-state index in [1.165, 1.54) is 25.7 Å². The van der Waals surface area contributed by atoms with Gasteiger partial charge in [-0.05, 0) is 37.6 Å². The van der Waals surface area contributed by atoms with Crippen LogP contribution >= 0.6 is 0 Å². The van der Waals surface area contributed by atoms with Crippen LogP contribution in [0.2, 0.25) is 0 Å². The summed E-state index contributed by atoms with van der Waals surface area (Å²) in [5, 5.41) is 7.45. The third kappa shape index (κ3) is 4.96. The Balaban J connectivity index is 1.82. The van der Waals surface area contributed by atoms with Crippen molar-refractivity contribution < 1.29 is 22.3 Å². The number of benzene rings is 1. The van der Waals surface area contributed by atoms with Gasteiger partial charge in [-0.15, -0.1) is 10.2 Å². The van der Waals surface area contributed by atoms with Gasteiger partial charge in [0, 0.05) is 24.4 Å². The summed E-state index contributed by atoms with van der Waals surface area (Å²) in [7, 11) is -1.03. The molecule has 0 aliphatic carbocycles. The highest BCUT2D eigenvalue weighted by atomic mass is 32.2. The first-order valence-electron chi connectivity index (χ1n) is 10.8. The van der Waals surface area contributed by atoms with E-state index >= 15 is 0 Å². The smallest absolute Gasteiger partial charge is 0.243 e. The minimum absolute atomic E-state index is 0.0453. The molecule has 1 aromatic carbocycles. The van der Waals surface area contributed by atoms with E-state index < -0.39 is 21.1 Å². The minimum atomic E-state index is -4.01. The number of halogens is 1. The number of aromatic nitrogens is 6. The van der Waals surface area contributed by atoms with Gasteiger partial charge in [0.1, 0.15) is 23.0 Å². The summed E-state index contributed by atoms with van der Waals surface area (Å²) in [4.78, 5) is 11.9. The van der Waals surface area contributed by atoms with Crippen LogP contribution in [0.3, 0.4) is 0 Å². The zero-order valence-electron chi connectivity index (χ0n) is 20.0. The van der Waals surface area contributed by atoms with Gasteiger partial charge in [0.2, 0.25) is 16.0 Å². The summed E-state index contributed by atoms with van der Waals surface area (Å²) in [6.45, 7) is 3.37. The third-order valence-corrected chi connectivity index (χ3v) is 7.17. The highest BCUT2D eigenvalue weighted by Crippen LogP contribution is 2.38. The lowest BCUT2D eigenvalue weighted by Crippen LogP contribution is -2.29. The van der Waals surface area contributed by atoms with Crippen molar-refractivity contribution in [3.63, 3.8) is 0 Å². The minimum Gasteiger partial charge on any atom is -0.494 e. The molecular weight excluding hydrogens is 489 g/mol.